The Morgan fingerprint density at radius 2 is 2.17 bits per heavy atom. The van der Waals surface area contributed by atoms with Crippen molar-refractivity contribution in [1.82, 2.24) is 21.3 Å². The first-order chi connectivity index (χ1) is 8.66. The van der Waals surface area contributed by atoms with Crippen LogP contribution in [-0.2, 0) is 4.79 Å². The summed E-state index contributed by atoms with van der Waals surface area (Å²) in [4.78, 5) is 15.7. The van der Waals surface area contributed by atoms with Crippen LogP contribution in [0.2, 0.25) is 0 Å². The Kier molecular flexibility index (Phi) is 4.01. The van der Waals surface area contributed by atoms with Crippen molar-refractivity contribution in [2.45, 2.75) is 32.4 Å². The molecule has 1 aliphatic heterocycles. The number of aromatic nitrogens is 1. The van der Waals surface area contributed by atoms with Crippen molar-refractivity contribution in [2.24, 2.45) is 5.10 Å². The molecule has 3 N–H and O–H groups in total. The summed E-state index contributed by atoms with van der Waals surface area (Å²) in [7, 11) is 0. The molecule has 1 aliphatic rings. The number of nitrogens with one attached hydrogen (secondary N) is 3. The highest BCUT2D eigenvalue weighted by atomic mass is 16.2. The van der Waals surface area contributed by atoms with Gasteiger partial charge in [-0.2, -0.15) is 5.10 Å². The molecule has 1 fully saturated rings. The third-order valence-corrected chi connectivity index (χ3v) is 2.84. The van der Waals surface area contributed by atoms with Gasteiger partial charge in [-0.15, -0.1) is 0 Å². The second-order valence-electron chi connectivity index (χ2n) is 4.39. The zero-order chi connectivity index (χ0) is 13.0. The fourth-order valence-corrected chi connectivity index (χ4v) is 1.76. The fourth-order valence-electron chi connectivity index (χ4n) is 1.76. The molecule has 0 radical (unpaired) electrons. The SMILES string of the molecule is C/C(=N\NC(=O)C1CC(C)NN1)c1ccncc1. The molecule has 2 rings (SSSR count). The Hall–Kier alpha value is -1.79. The van der Waals surface area contributed by atoms with Gasteiger partial charge in [0.15, 0.2) is 0 Å². The lowest BCUT2D eigenvalue weighted by Crippen LogP contribution is -2.41. The van der Waals surface area contributed by atoms with Crippen molar-refractivity contribution in [1.29, 1.82) is 0 Å². The summed E-state index contributed by atoms with van der Waals surface area (Å²) in [5, 5.41) is 4.09. The molecule has 1 aromatic rings. The molecule has 1 aromatic heterocycles. The fraction of sp³-hybridized carbons (Fsp3) is 0.417. The van der Waals surface area contributed by atoms with Crippen LogP contribution in [0, 0.1) is 0 Å². The average molecular weight is 247 g/mol. The number of hydrazine groups is 1. The van der Waals surface area contributed by atoms with E-state index >= 15 is 0 Å². The average Bonchev–Trinajstić information content (AvgIpc) is 2.83. The second kappa shape index (κ2) is 5.70. The van der Waals surface area contributed by atoms with Gasteiger partial charge in [0.1, 0.15) is 6.04 Å². The Morgan fingerprint density at radius 1 is 1.44 bits per heavy atom. The van der Waals surface area contributed by atoms with E-state index in [2.05, 4.69) is 26.4 Å². The number of amides is 1. The van der Waals surface area contributed by atoms with Gasteiger partial charge in [-0.05, 0) is 32.4 Å². The van der Waals surface area contributed by atoms with E-state index < -0.39 is 0 Å². The zero-order valence-electron chi connectivity index (χ0n) is 10.5. The smallest absolute Gasteiger partial charge is 0.258 e. The number of hydrogen-bond donors (Lipinski definition) is 3. The van der Waals surface area contributed by atoms with Crippen molar-refractivity contribution in [3.63, 3.8) is 0 Å². The molecule has 1 saturated heterocycles. The molecule has 96 valence electrons. The monoisotopic (exact) mass is 247 g/mol. The number of hydrogen-bond acceptors (Lipinski definition) is 5. The maximum absolute atomic E-state index is 11.8. The summed E-state index contributed by atoms with van der Waals surface area (Å²) in [6.45, 7) is 3.87. The molecule has 0 saturated carbocycles. The lowest BCUT2D eigenvalue weighted by Gasteiger charge is -2.07. The number of carbonyl (C=O) groups is 1. The van der Waals surface area contributed by atoms with Crippen LogP contribution in [0.25, 0.3) is 0 Å². The number of nitrogens with zero attached hydrogens (tertiary/aromatic N) is 2. The van der Waals surface area contributed by atoms with Gasteiger partial charge >= 0.3 is 0 Å². The summed E-state index contributed by atoms with van der Waals surface area (Å²) in [5.74, 6) is -0.125. The third-order valence-electron chi connectivity index (χ3n) is 2.84. The number of hydrazone groups is 1. The van der Waals surface area contributed by atoms with Crippen LogP contribution in [0.4, 0.5) is 0 Å². The third kappa shape index (κ3) is 3.12. The van der Waals surface area contributed by atoms with E-state index in [1.807, 2.05) is 26.0 Å². The molecular weight excluding hydrogens is 230 g/mol. The minimum Gasteiger partial charge on any atom is -0.271 e. The van der Waals surface area contributed by atoms with E-state index in [1.165, 1.54) is 0 Å². The van der Waals surface area contributed by atoms with Crippen molar-refractivity contribution in [3.8, 4) is 0 Å². The van der Waals surface area contributed by atoms with Gasteiger partial charge in [0.25, 0.3) is 5.91 Å². The standard InChI is InChI=1S/C12H17N5O/c1-8-7-11(16-14-8)12(18)17-15-9(2)10-3-5-13-6-4-10/h3-6,8,11,14,16H,7H2,1-2H3,(H,17,18)/b15-9+. The highest BCUT2D eigenvalue weighted by Gasteiger charge is 2.26. The minimum atomic E-state index is -0.228. The molecule has 6 nitrogen and oxygen atoms in total. The predicted octanol–water partition coefficient (Wildman–Crippen LogP) is 0.177. The Bertz CT molecular complexity index is 445. The summed E-state index contributed by atoms with van der Waals surface area (Å²) in [6.07, 6.45) is 4.15. The topological polar surface area (TPSA) is 78.4 Å². The number of pyridine rings is 1. The Labute approximate surface area is 106 Å². The van der Waals surface area contributed by atoms with Crippen LogP contribution in [0.1, 0.15) is 25.8 Å². The van der Waals surface area contributed by atoms with Crippen LogP contribution in [0.3, 0.4) is 0 Å². The lowest BCUT2D eigenvalue weighted by atomic mass is 10.1. The van der Waals surface area contributed by atoms with E-state index in [4.69, 9.17) is 0 Å². The molecule has 2 atom stereocenters. The highest BCUT2D eigenvalue weighted by molar-refractivity contribution is 5.99. The van der Waals surface area contributed by atoms with Crippen molar-refractivity contribution in [2.75, 3.05) is 0 Å². The first-order valence-electron chi connectivity index (χ1n) is 5.92. The molecule has 6 heteroatoms. The zero-order valence-corrected chi connectivity index (χ0v) is 10.5. The molecule has 0 aromatic carbocycles. The summed E-state index contributed by atoms with van der Waals surface area (Å²) in [6, 6.07) is 3.77. The maximum atomic E-state index is 11.8. The van der Waals surface area contributed by atoms with E-state index in [0.717, 1.165) is 17.7 Å². The van der Waals surface area contributed by atoms with E-state index in [0.29, 0.717) is 6.04 Å². The molecule has 2 heterocycles. The molecule has 1 amide bonds. The van der Waals surface area contributed by atoms with Gasteiger partial charge < -0.3 is 0 Å². The van der Waals surface area contributed by atoms with Gasteiger partial charge in [0, 0.05) is 24.0 Å². The minimum absolute atomic E-state index is 0.125. The summed E-state index contributed by atoms with van der Waals surface area (Å²) >= 11 is 0. The largest absolute Gasteiger partial charge is 0.271 e. The first-order valence-corrected chi connectivity index (χ1v) is 5.92. The Morgan fingerprint density at radius 3 is 2.78 bits per heavy atom. The van der Waals surface area contributed by atoms with Crippen LogP contribution in [0.15, 0.2) is 29.6 Å². The van der Waals surface area contributed by atoms with E-state index in [1.54, 1.807) is 12.4 Å². The molecule has 0 spiro atoms. The normalized spacial score (nSPS) is 24.0. The Balaban J connectivity index is 1.92. The highest BCUT2D eigenvalue weighted by Crippen LogP contribution is 2.04. The van der Waals surface area contributed by atoms with Crippen LogP contribution in [-0.4, -0.2) is 28.7 Å². The summed E-state index contributed by atoms with van der Waals surface area (Å²) in [5.41, 5.74) is 10.2. The van der Waals surface area contributed by atoms with E-state index in [9.17, 15) is 4.79 Å². The quantitative estimate of drug-likeness (QED) is 0.526. The van der Waals surface area contributed by atoms with Crippen LogP contribution in [0.5, 0.6) is 0 Å². The molecular formula is C12H17N5O. The van der Waals surface area contributed by atoms with Gasteiger partial charge in [-0.25, -0.2) is 10.9 Å². The van der Waals surface area contributed by atoms with Crippen molar-refractivity contribution in [3.05, 3.63) is 30.1 Å². The van der Waals surface area contributed by atoms with E-state index in [-0.39, 0.29) is 11.9 Å². The first kappa shape index (κ1) is 12.7. The molecule has 2 unspecified atom stereocenters. The lowest BCUT2D eigenvalue weighted by molar-refractivity contribution is -0.122. The van der Waals surface area contributed by atoms with Gasteiger partial charge in [-0.3, -0.25) is 15.2 Å². The van der Waals surface area contributed by atoms with Gasteiger partial charge in [0.05, 0.1) is 5.71 Å². The summed E-state index contributed by atoms with van der Waals surface area (Å²) < 4.78 is 0. The van der Waals surface area contributed by atoms with Crippen LogP contribution < -0.4 is 16.3 Å². The van der Waals surface area contributed by atoms with Gasteiger partial charge in [0.2, 0.25) is 0 Å². The van der Waals surface area contributed by atoms with Crippen molar-refractivity contribution >= 4 is 11.6 Å². The number of rotatable bonds is 3. The number of carbonyl (C=O) groups excluding carboxylic acids is 1. The second-order valence-corrected chi connectivity index (χ2v) is 4.39. The van der Waals surface area contributed by atoms with Gasteiger partial charge in [-0.1, -0.05) is 0 Å². The maximum Gasteiger partial charge on any atom is 0.258 e. The van der Waals surface area contributed by atoms with Crippen molar-refractivity contribution < 1.29 is 4.79 Å². The molecule has 0 aliphatic carbocycles. The molecule has 0 bridgehead atoms. The van der Waals surface area contributed by atoms with Crippen LogP contribution >= 0.6 is 0 Å². The molecule has 18 heavy (non-hydrogen) atoms. The predicted molar refractivity (Wildman–Crippen MR) is 68.7 cm³/mol.